The molecule has 0 spiro atoms. The van der Waals surface area contributed by atoms with E-state index in [0.29, 0.717) is 10.6 Å². The number of carbonyl (C=O) groups excluding carboxylic acids is 2. The van der Waals surface area contributed by atoms with E-state index in [0.717, 1.165) is 10.1 Å². The third kappa shape index (κ3) is 5.76. The number of amides is 2. The summed E-state index contributed by atoms with van der Waals surface area (Å²) in [6.45, 7) is 8.86. The molecular formula is C19H27N3O4S2. The van der Waals surface area contributed by atoms with Gasteiger partial charge in [0.1, 0.15) is 15.9 Å². The minimum atomic E-state index is -3.43. The van der Waals surface area contributed by atoms with Gasteiger partial charge in [0, 0.05) is 4.70 Å². The highest BCUT2D eigenvalue weighted by Gasteiger charge is 2.29. The van der Waals surface area contributed by atoms with Crippen molar-refractivity contribution < 1.29 is 18.5 Å². The second kappa shape index (κ2) is 8.59. The van der Waals surface area contributed by atoms with Crippen molar-refractivity contribution in [3.8, 4) is 0 Å². The summed E-state index contributed by atoms with van der Waals surface area (Å²) in [4.78, 5) is 24.9. The lowest BCUT2D eigenvalue weighted by Gasteiger charge is -2.25. The van der Waals surface area contributed by atoms with Crippen LogP contribution in [0.25, 0.3) is 10.1 Å². The van der Waals surface area contributed by atoms with Gasteiger partial charge in [-0.2, -0.15) is 0 Å². The molecule has 1 unspecified atom stereocenters. The van der Waals surface area contributed by atoms with Gasteiger partial charge in [-0.3, -0.25) is 4.79 Å². The maximum Gasteiger partial charge on any atom is 0.408 e. The maximum absolute atomic E-state index is 13.0. The van der Waals surface area contributed by atoms with Crippen LogP contribution in [0, 0.1) is 5.92 Å². The molecule has 0 fully saturated rings. The molecular weight excluding hydrogens is 398 g/mol. The van der Waals surface area contributed by atoms with Crippen molar-refractivity contribution in [3.05, 3.63) is 30.3 Å². The molecule has 3 atom stereocenters. The normalized spacial score (nSPS) is 16.1. The number of nitrogens with zero attached hydrogens (tertiary/aromatic N) is 1. The number of ether oxygens (including phenoxy) is 1. The molecule has 0 saturated heterocycles. The molecule has 2 rings (SSSR count). The molecule has 0 bridgehead atoms. The van der Waals surface area contributed by atoms with Gasteiger partial charge >= 0.3 is 6.09 Å². The molecule has 154 valence electrons. The van der Waals surface area contributed by atoms with E-state index in [2.05, 4.69) is 9.68 Å². The zero-order valence-corrected chi connectivity index (χ0v) is 18.4. The second-order valence-electron chi connectivity index (χ2n) is 7.61. The third-order valence-corrected chi connectivity index (χ3v) is 7.09. The van der Waals surface area contributed by atoms with E-state index < -0.39 is 33.6 Å². The van der Waals surface area contributed by atoms with Gasteiger partial charge in [-0.05, 0) is 44.2 Å². The lowest BCUT2D eigenvalue weighted by Crippen LogP contribution is -2.46. The highest BCUT2D eigenvalue weighted by molar-refractivity contribution is 7.93. The topological polar surface area (TPSA) is 111 Å². The second-order valence-corrected chi connectivity index (χ2v) is 10.7. The van der Waals surface area contributed by atoms with Gasteiger partial charge in [-0.15, -0.1) is 15.7 Å². The summed E-state index contributed by atoms with van der Waals surface area (Å²) in [6, 6.07) is 8.19. The van der Waals surface area contributed by atoms with Crippen LogP contribution in [0.2, 0.25) is 0 Å². The van der Waals surface area contributed by atoms with Gasteiger partial charge in [0.05, 0.1) is 0 Å². The first-order valence-corrected chi connectivity index (χ1v) is 11.4. The van der Waals surface area contributed by atoms with Crippen LogP contribution in [-0.2, 0) is 19.4 Å². The highest BCUT2D eigenvalue weighted by atomic mass is 32.2. The van der Waals surface area contributed by atoms with Gasteiger partial charge in [-0.25, -0.2) is 14.1 Å². The molecule has 1 aromatic heterocycles. The number of benzene rings is 1. The average Bonchev–Trinajstić information content (AvgIpc) is 3.02. The summed E-state index contributed by atoms with van der Waals surface area (Å²) in [5, 5.41) is 9.35. The molecule has 2 amide bonds. The maximum atomic E-state index is 13.0. The molecule has 0 saturated carbocycles. The summed E-state index contributed by atoms with van der Waals surface area (Å²) in [7, 11) is -3.43. The van der Waals surface area contributed by atoms with E-state index in [9.17, 15) is 13.8 Å². The van der Waals surface area contributed by atoms with Crippen molar-refractivity contribution in [2.75, 3.05) is 0 Å². The molecule has 2 aromatic rings. The smallest absolute Gasteiger partial charge is 0.408 e. The molecule has 0 aliphatic carbocycles. The Morgan fingerprint density at radius 3 is 2.54 bits per heavy atom. The number of alkyl carbamates (subject to hydrolysis) is 1. The summed E-state index contributed by atoms with van der Waals surface area (Å²) in [6.07, 6.45) is -0.122. The number of nitrogens with one attached hydrogen (secondary N) is 1. The van der Waals surface area contributed by atoms with Crippen molar-refractivity contribution >= 4 is 43.3 Å². The monoisotopic (exact) mass is 425 g/mol. The molecule has 7 nitrogen and oxygen atoms in total. The van der Waals surface area contributed by atoms with E-state index >= 15 is 0 Å². The average molecular weight is 426 g/mol. The van der Waals surface area contributed by atoms with Gasteiger partial charge in [0.15, 0.2) is 9.92 Å². The predicted octanol–water partition coefficient (Wildman–Crippen LogP) is 4.07. The zero-order chi connectivity index (χ0) is 21.1. The highest BCUT2D eigenvalue weighted by Crippen LogP contribution is 2.29. The number of nitrogens with two attached hydrogens (primary N) is 1. The van der Waals surface area contributed by atoms with E-state index in [1.165, 1.54) is 11.3 Å². The molecule has 1 heterocycles. The summed E-state index contributed by atoms with van der Waals surface area (Å²) in [5.41, 5.74) is -0.706. The van der Waals surface area contributed by atoms with Crippen LogP contribution in [0.15, 0.2) is 38.9 Å². The lowest BCUT2D eigenvalue weighted by molar-refractivity contribution is -0.120. The Balaban J connectivity index is 2.31. The summed E-state index contributed by atoms with van der Waals surface area (Å²) >= 11 is 1.24. The Bertz CT molecular complexity index is 951. The van der Waals surface area contributed by atoms with Crippen LogP contribution >= 0.6 is 11.3 Å². The Labute approximate surface area is 170 Å². The molecule has 9 heteroatoms. The Morgan fingerprint density at radius 2 is 1.96 bits per heavy atom. The Kier molecular flexibility index (Phi) is 6.84. The van der Waals surface area contributed by atoms with Crippen molar-refractivity contribution in [2.45, 2.75) is 56.9 Å². The van der Waals surface area contributed by atoms with E-state index in [4.69, 9.17) is 9.88 Å². The van der Waals surface area contributed by atoms with Gasteiger partial charge < -0.3 is 10.1 Å². The van der Waals surface area contributed by atoms with Crippen molar-refractivity contribution in [1.82, 2.24) is 5.32 Å². The molecule has 0 radical (unpaired) electrons. The fourth-order valence-electron chi connectivity index (χ4n) is 2.45. The van der Waals surface area contributed by atoms with Gasteiger partial charge in [-0.1, -0.05) is 38.5 Å². The SMILES string of the molecule is CC[C@H](C)[C@H](NC(=O)OC(C)(C)C)C(=O)N=S(N)(=O)c1cc2ccccc2s1. The number of carbonyl (C=O) groups is 2. The first-order valence-electron chi connectivity index (χ1n) is 9.00. The van der Waals surface area contributed by atoms with Crippen LogP contribution in [0.3, 0.4) is 0 Å². The molecule has 1 aromatic carbocycles. The summed E-state index contributed by atoms with van der Waals surface area (Å²) < 4.78 is 23.2. The first-order chi connectivity index (χ1) is 12.9. The van der Waals surface area contributed by atoms with Crippen LogP contribution in [0.1, 0.15) is 41.0 Å². The summed E-state index contributed by atoms with van der Waals surface area (Å²) in [5.74, 6) is -0.966. The van der Waals surface area contributed by atoms with Crippen molar-refractivity contribution in [1.29, 1.82) is 0 Å². The van der Waals surface area contributed by atoms with Gasteiger partial charge in [0.2, 0.25) is 0 Å². The molecule has 0 aliphatic rings. The largest absolute Gasteiger partial charge is 0.444 e. The van der Waals surface area contributed by atoms with Crippen LogP contribution in [0.4, 0.5) is 4.79 Å². The molecule has 0 aliphatic heterocycles. The fraction of sp³-hybridized carbons (Fsp3) is 0.474. The zero-order valence-electron chi connectivity index (χ0n) is 16.7. The lowest BCUT2D eigenvalue weighted by atomic mass is 9.99. The number of hydrogen-bond donors (Lipinski definition) is 2. The van der Waals surface area contributed by atoms with Crippen LogP contribution < -0.4 is 10.5 Å². The van der Waals surface area contributed by atoms with E-state index in [1.54, 1.807) is 33.8 Å². The minimum absolute atomic E-state index is 0.235. The standard InChI is InChI=1S/C19H27N3O4S2/c1-6-12(2)16(21-18(24)26-19(3,4)5)17(23)22-28(20,25)15-11-13-9-7-8-10-14(13)27-15/h7-12,16H,6H2,1-5H3,(H,21,24)(H2,20,22,23,25)/t12-,16-,28?/m0/s1. The minimum Gasteiger partial charge on any atom is -0.444 e. The number of thiophene rings is 1. The molecule has 28 heavy (non-hydrogen) atoms. The number of rotatable bonds is 5. The van der Waals surface area contributed by atoms with E-state index in [1.807, 2.05) is 31.2 Å². The third-order valence-electron chi connectivity index (χ3n) is 4.07. The Morgan fingerprint density at radius 1 is 1.32 bits per heavy atom. The van der Waals surface area contributed by atoms with E-state index in [-0.39, 0.29) is 5.92 Å². The first kappa shape index (κ1) is 22.3. The van der Waals surface area contributed by atoms with Crippen molar-refractivity contribution in [3.63, 3.8) is 0 Å². The number of fused-ring (bicyclic) bond motifs is 1. The number of hydrogen-bond acceptors (Lipinski definition) is 5. The molecule has 3 N–H and O–H groups in total. The quantitative estimate of drug-likeness (QED) is 0.752. The van der Waals surface area contributed by atoms with Crippen molar-refractivity contribution in [2.24, 2.45) is 15.4 Å². The predicted molar refractivity (Wildman–Crippen MR) is 112 cm³/mol. The fourth-order valence-corrected chi connectivity index (χ4v) is 4.87. The Hall–Kier alpha value is -1.97. The van der Waals surface area contributed by atoms with Crippen LogP contribution in [0.5, 0.6) is 0 Å². The van der Waals surface area contributed by atoms with Gasteiger partial charge in [0.25, 0.3) is 5.91 Å². The van der Waals surface area contributed by atoms with Crippen LogP contribution in [-0.4, -0.2) is 27.9 Å².